The molecule has 2 saturated carbocycles. The van der Waals surface area contributed by atoms with Gasteiger partial charge in [-0.15, -0.1) is 11.8 Å². The normalized spacial score (nSPS) is 24.9. The predicted molar refractivity (Wildman–Crippen MR) is 77.8 cm³/mol. The zero-order valence-corrected chi connectivity index (χ0v) is 11.9. The number of carboxylic acid groups (broad SMARTS) is 1. The number of hydrogen-bond donors (Lipinski definition) is 1. The van der Waals surface area contributed by atoms with E-state index in [4.69, 9.17) is 5.11 Å². The maximum Gasteiger partial charge on any atom is 0.335 e. The standard InChI is InChI=1S/C16H20O2S/c17-15(18)12-4-6-13(7-5-12)19-14-8-11-16(14)9-2-1-3-10-16/h4-7,14H,1-3,8-11H2,(H,17,18). The zero-order chi connectivity index (χ0) is 13.3. The average molecular weight is 276 g/mol. The molecule has 1 spiro atoms. The number of carbonyl (C=O) groups is 1. The smallest absolute Gasteiger partial charge is 0.335 e. The van der Waals surface area contributed by atoms with Crippen LogP contribution in [0.25, 0.3) is 0 Å². The molecule has 0 bridgehead atoms. The first kappa shape index (κ1) is 13.0. The Morgan fingerprint density at radius 1 is 1.11 bits per heavy atom. The van der Waals surface area contributed by atoms with Gasteiger partial charge in [0, 0.05) is 10.1 Å². The van der Waals surface area contributed by atoms with E-state index in [1.165, 1.54) is 49.8 Å². The van der Waals surface area contributed by atoms with Gasteiger partial charge < -0.3 is 5.11 Å². The molecular weight excluding hydrogens is 256 g/mol. The van der Waals surface area contributed by atoms with Crippen molar-refractivity contribution in [3.8, 4) is 0 Å². The molecule has 3 rings (SSSR count). The van der Waals surface area contributed by atoms with Crippen LogP contribution in [0.15, 0.2) is 29.2 Å². The topological polar surface area (TPSA) is 37.3 Å². The van der Waals surface area contributed by atoms with Gasteiger partial charge in [-0.2, -0.15) is 0 Å². The van der Waals surface area contributed by atoms with E-state index in [2.05, 4.69) is 0 Å². The van der Waals surface area contributed by atoms with Crippen molar-refractivity contribution in [2.75, 3.05) is 0 Å². The Balaban J connectivity index is 1.66. The average Bonchev–Trinajstić information content (AvgIpc) is 2.45. The summed E-state index contributed by atoms with van der Waals surface area (Å²) in [6.07, 6.45) is 9.73. The monoisotopic (exact) mass is 276 g/mol. The molecule has 2 aliphatic carbocycles. The Bertz CT molecular complexity index is 460. The predicted octanol–water partition coefficient (Wildman–Crippen LogP) is 4.59. The molecule has 0 amide bonds. The van der Waals surface area contributed by atoms with Crippen LogP contribution in [0.2, 0.25) is 0 Å². The number of benzene rings is 1. The summed E-state index contributed by atoms with van der Waals surface area (Å²) in [5.74, 6) is -0.844. The Labute approximate surface area is 118 Å². The highest BCUT2D eigenvalue weighted by molar-refractivity contribution is 8.00. The Morgan fingerprint density at radius 3 is 2.32 bits per heavy atom. The van der Waals surface area contributed by atoms with E-state index in [-0.39, 0.29) is 0 Å². The van der Waals surface area contributed by atoms with Gasteiger partial charge in [0.25, 0.3) is 0 Å². The maximum atomic E-state index is 10.8. The summed E-state index contributed by atoms with van der Waals surface area (Å²) in [5.41, 5.74) is 0.985. The van der Waals surface area contributed by atoms with Gasteiger partial charge >= 0.3 is 5.97 Å². The van der Waals surface area contributed by atoms with Crippen molar-refractivity contribution in [1.82, 2.24) is 0 Å². The van der Waals surface area contributed by atoms with E-state index in [1.807, 2.05) is 23.9 Å². The molecule has 1 unspecified atom stereocenters. The lowest BCUT2D eigenvalue weighted by Crippen LogP contribution is -2.44. The van der Waals surface area contributed by atoms with Crippen LogP contribution in [0.4, 0.5) is 0 Å². The summed E-state index contributed by atoms with van der Waals surface area (Å²) in [4.78, 5) is 12.1. The fraction of sp³-hybridized carbons (Fsp3) is 0.562. The molecular formula is C16H20O2S. The highest BCUT2D eigenvalue weighted by Crippen LogP contribution is 2.57. The van der Waals surface area contributed by atoms with Crippen molar-refractivity contribution in [3.05, 3.63) is 29.8 Å². The molecule has 1 atom stereocenters. The minimum Gasteiger partial charge on any atom is -0.478 e. The first-order valence-electron chi connectivity index (χ1n) is 7.20. The first-order chi connectivity index (χ1) is 9.20. The van der Waals surface area contributed by atoms with Gasteiger partial charge in [-0.25, -0.2) is 4.79 Å². The Morgan fingerprint density at radius 2 is 1.79 bits per heavy atom. The van der Waals surface area contributed by atoms with E-state index in [9.17, 15) is 4.79 Å². The molecule has 0 saturated heterocycles. The van der Waals surface area contributed by atoms with E-state index < -0.39 is 5.97 Å². The number of thioether (sulfide) groups is 1. The van der Waals surface area contributed by atoms with Crippen molar-refractivity contribution in [2.24, 2.45) is 5.41 Å². The van der Waals surface area contributed by atoms with Gasteiger partial charge in [-0.05, 0) is 55.4 Å². The number of carboxylic acids is 1. The van der Waals surface area contributed by atoms with Crippen molar-refractivity contribution in [3.63, 3.8) is 0 Å². The summed E-state index contributed by atoms with van der Waals surface area (Å²) in [5, 5.41) is 9.66. The second-order valence-electron chi connectivity index (χ2n) is 5.90. The van der Waals surface area contributed by atoms with Gasteiger partial charge in [0.15, 0.2) is 0 Å². The molecule has 102 valence electrons. The third kappa shape index (κ3) is 2.53. The van der Waals surface area contributed by atoms with Crippen molar-refractivity contribution in [2.45, 2.75) is 55.1 Å². The summed E-state index contributed by atoms with van der Waals surface area (Å²) in [6, 6.07) is 7.36. The summed E-state index contributed by atoms with van der Waals surface area (Å²) in [6.45, 7) is 0. The molecule has 0 aromatic heterocycles. The first-order valence-corrected chi connectivity index (χ1v) is 8.08. The van der Waals surface area contributed by atoms with Crippen molar-refractivity contribution >= 4 is 17.7 Å². The van der Waals surface area contributed by atoms with Crippen LogP contribution in [0.1, 0.15) is 55.3 Å². The minimum atomic E-state index is -0.844. The van der Waals surface area contributed by atoms with Crippen LogP contribution >= 0.6 is 11.8 Å². The van der Waals surface area contributed by atoms with Gasteiger partial charge in [0.1, 0.15) is 0 Å². The minimum absolute atomic E-state index is 0.380. The summed E-state index contributed by atoms with van der Waals surface area (Å²) >= 11 is 1.96. The highest BCUT2D eigenvalue weighted by Gasteiger charge is 2.47. The van der Waals surface area contributed by atoms with Gasteiger partial charge in [0.05, 0.1) is 5.56 Å². The SMILES string of the molecule is O=C(O)c1ccc(SC2CCC23CCCCC3)cc1. The zero-order valence-electron chi connectivity index (χ0n) is 11.1. The van der Waals surface area contributed by atoms with Crippen molar-refractivity contribution in [1.29, 1.82) is 0 Å². The van der Waals surface area contributed by atoms with E-state index in [0.717, 1.165) is 5.25 Å². The molecule has 2 nitrogen and oxygen atoms in total. The lowest BCUT2D eigenvalue weighted by Gasteiger charge is -2.52. The van der Waals surface area contributed by atoms with E-state index in [1.54, 1.807) is 12.1 Å². The molecule has 2 fully saturated rings. The largest absolute Gasteiger partial charge is 0.478 e. The third-order valence-corrected chi connectivity index (χ3v) is 6.38. The second kappa shape index (κ2) is 5.20. The molecule has 1 aromatic rings. The van der Waals surface area contributed by atoms with E-state index in [0.29, 0.717) is 11.0 Å². The number of rotatable bonds is 3. The molecule has 1 N–H and O–H groups in total. The van der Waals surface area contributed by atoms with Crippen LogP contribution < -0.4 is 0 Å². The Hall–Kier alpha value is -0.960. The van der Waals surface area contributed by atoms with Gasteiger partial charge in [-0.3, -0.25) is 0 Å². The van der Waals surface area contributed by atoms with Crippen LogP contribution in [-0.4, -0.2) is 16.3 Å². The third-order valence-electron chi connectivity index (χ3n) is 4.82. The van der Waals surface area contributed by atoms with Crippen LogP contribution in [0, 0.1) is 5.41 Å². The molecule has 2 aliphatic rings. The van der Waals surface area contributed by atoms with Crippen LogP contribution in [-0.2, 0) is 0 Å². The maximum absolute atomic E-state index is 10.8. The summed E-state index contributed by atoms with van der Waals surface area (Å²) in [7, 11) is 0. The highest BCUT2D eigenvalue weighted by atomic mass is 32.2. The fourth-order valence-electron chi connectivity index (χ4n) is 3.52. The Kier molecular flexibility index (Phi) is 3.57. The second-order valence-corrected chi connectivity index (χ2v) is 7.17. The molecule has 3 heteroatoms. The van der Waals surface area contributed by atoms with Gasteiger partial charge in [-0.1, -0.05) is 19.3 Å². The van der Waals surface area contributed by atoms with E-state index >= 15 is 0 Å². The van der Waals surface area contributed by atoms with Gasteiger partial charge in [0.2, 0.25) is 0 Å². The fourth-order valence-corrected chi connectivity index (χ4v) is 4.98. The molecule has 0 heterocycles. The van der Waals surface area contributed by atoms with Crippen LogP contribution in [0.5, 0.6) is 0 Å². The molecule has 1 aromatic carbocycles. The molecule has 0 radical (unpaired) electrons. The lowest BCUT2D eigenvalue weighted by atomic mass is 9.60. The quantitative estimate of drug-likeness (QED) is 0.877. The molecule has 0 aliphatic heterocycles. The van der Waals surface area contributed by atoms with Crippen molar-refractivity contribution < 1.29 is 9.90 Å². The van der Waals surface area contributed by atoms with Crippen LogP contribution in [0.3, 0.4) is 0 Å². The number of hydrogen-bond acceptors (Lipinski definition) is 2. The molecule has 19 heavy (non-hydrogen) atoms. The lowest BCUT2D eigenvalue weighted by molar-refractivity contribution is 0.0696. The summed E-state index contributed by atoms with van der Waals surface area (Å²) < 4.78 is 0. The number of aromatic carboxylic acids is 1.